The average Bonchev–Trinajstić information content (AvgIpc) is 1.91. The van der Waals surface area contributed by atoms with E-state index in [0.717, 1.165) is 17.7 Å². The number of hydrogen-bond acceptors (Lipinski definition) is 1. The summed E-state index contributed by atoms with van der Waals surface area (Å²) in [6.07, 6.45) is 8.78. The molecule has 0 radical (unpaired) electrons. The summed E-state index contributed by atoms with van der Waals surface area (Å²) < 4.78 is 0. The van der Waals surface area contributed by atoms with E-state index in [2.05, 4.69) is 18.2 Å². The molecule has 48 valence electrons. The van der Waals surface area contributed by atoms with Gasteiger partial charge in [0.25, 0.3) is 0 Å². The fourth-order valence-corrected chi connectivity index (χ4v) is 0.899. The van der Waals surface area contributed by atoms with Crippen molar-refractivity contribution in [1.82, 2.24) is 0 Å². The first-order chi connectivity index (χ1) is 4.35. The van der Waals surface area contributed by atoms with Crippen LogP contribution in [0.1, 0.15) is 12.8 Å². The molecule has 0 aliphatic rings. The third-order valence-corrected chi connectivity index (χ3v) is 1.78. The zero-order valence-electron chi connectivity index (χ0n) is 5.61. The summed E-state index contributed by atoms with van der Waals surface area (Å²) in [6, 6.07) is 0. The van der Waals surface area contributed by atoms with Gasteiger partial charge >= 0.3 is 0 Å². The summed E-state index contributed by atoms with van der Waals surface area (Å²) in [7, 11) is 0. The van der Waals surface area contributed by atoms with Gasteiger partial charge in [0.15, 0.2) is 0 Å². The maximum absolute atomic E-state index is 5.07. The maximum Gasteiger partial charge on any atom is 0.0266 e. The average molecular weight is 138 g/mol. The molecule has 0 aliphatic heterocycles. The number of rotatable bonds is 3. The molecular weight excluding hydrogens is 128 g/mol. The predicted octanol–water partition coefficient (Wildman–Crippen LogP) is 2.43. The molecule has 0 amide bonds. The van der Waals surface area contributed by atoms with Crippen LogP contribution in [-0.2, 0) is 0 Å². The molecule has 0 saturated carbocycles. The van der Waals surface area contributed by atoms with E-state index in [0.29, 0.717) is 0 Å². The summed E-state index contributed by atoms with van der Waals surface area (Å²) in [5.41, 5.74) is 2.82. The maximum atomic E-state index is 5.07. The first kappa shape index (κ1) is 8.43. The first-order valence-corrected chi connectivity index (χ1v) is 3.94. The van der Waals surface area contributed by atoms with Crippen molar-refractivity contribution < 1.29 is 0 Å². The van der Waals surface area contributed by atoms with Crippen LogP contribution in [0.5, 0.6) is 0 Å². The molecule has 0 aromatic carbocycles. The highest BCUT2D eigenvalue weighted by atomic mass is 32.2. The normalized spacial score (nSPS) is 7.56. The molecule has 0 aliphatic carbocycles. The summed E-state index contributed by atoms with van der Waals surface area (Å²) in [6.45, 7) is 3.53. The van der Waals surface area contributed by atoms with E-state index in [4.69, 9.17) is 6.42 Å². The van der Waals surface area contributed by atoms with Crippen LogP contribution in [0.3, 0.4) is 0 Å². The molecule has 0 N–H and O–H groups in total. The van der Waals surface area contributed by atoms with Gasteiger partial charge in [-0.15, -0.1) is 29.8 Å². The summed E-state index contributed by atoms with van der Waals surface area (Å²) in [5.74, 6) is 2.56. The minimum atomic E-state index is 0.790. The fourth-order valence-electron chi connectivity index (χ4n) is 0.448. The van der Waals surface area contributed by atoms with Crippen molar-refractivity contribution in [1.29, 1.82) is 0 Å². The van der Waals surface area contributed by atoms with Crippen molar-refractivity contribution in [3.8, 4) is 12.3 Å². The molecule has 0 aromatic rings. The zero-order valence-corrected chi connectivity index (χ0v) is 6.42. The Morgan fingerprint density at radius 1 is 1.78 bits per heavy atom. The highest BCUT2D eigenvalue weighted by molar-refractivity contribution is 8.02. The Bertz CT molecular complexity index is 156. The van der Waals surface area contributed by atoms with Crippen molar-refractivity contribution in [2.45, 2.75) is 12.8 Å². The number of hydrogen-bond donors (Lipinski definition) is 0. The summed E-state index contributed by atoms with van der Waals surface area (Å²) >= 11 is 1.66. The summed E-state index contributed by atoms with van der Waals surface area (Å²) in [4.78, 5) is 1.15. The molecule has 0 bridgehead atoms. The van der Waals surface area contributed by atoms with Crippen LogP contribution in [0.25, 0.3) is 0 Å². The van der Waals surface area contributed by atoms with Crippen LogP contribution in [0.4, 0.5) is 0 Å². The van der Waals surface area contributed by atoms with Crippen molar-refractivity contribution >= 4 is 11.8 Å². The minimum Gasteiger partial charge on any atom is -0.126 e. The van der Waals surface area contributed by atoms with E-state index in [1.807, 2.05) is 6.26 Å². The van der Waals surface area contributed by atoms with E-state index in [-0.39, 0.29) is 0 Å². The Labute approximate surface area is 61.0 Å². The van der Waals surface area contributed by atoms with Gasteiger partial charge in [-0.3, -0.25) is 0 Å². The van der Waals surface area contributed by atoms with Crippen LogP contribution < -0.4 is 0 Å². The number of terminal acetylenes is 1. The van der Waals surface area contributed by atoms with Crippen molar-refractivity contribution in [2.75, 3.05) is 6.26 Å². The smallest absolute Gasteiger partial charge is 0.0266 e. The van der Waals surface area contributed by atoms with E-state index < -0.39 is 0 Å². The lowest BCUT2D eigenvalue weighted by atomic mass is 10.3. The highest BCUT2D eigenvalue weighted by Gasteiger charge is 1.88. The Morgan fingerprint density at radius 3 is 2.78 bits per heavy atom. The third kappa shape index (κ3) is 3.97. The van der Waals surface area contributed by atoms with Crippen molar-refractivity contribution in [3.63, 3.8) is 0 Å². The molecule has 0 aromatic heterocycles. The second-order valence-electron chi connectivity index (χ2n) is 1.51. The van der Waals surface area contributed by atoms with Gasteiger partial charge in [0.2, 0.25) is 0 Å². The molecule has 0 rings (SSSR count). The molecule has 0 fully saturated rings. The van der Waals surface area contributed by atoms with Gasteiger partial charge in [-0.1, -0.05) is 6.58 Å². The molecule has 0 nitrogen and oxygen atoms in total. The number of thioether (sulfide) groups is 1. The van der Waals surface area contributed by atoms with E-state index in [1.54, 1.807) is 11.8 Å². The minimum absolute atomic E-state index is 0.790. The number of allylic oxidation sites excluding steroid dienone is 1. The van der Waals surface area contributed by atoms with Crippen LogP contribution in [-0.4, -0.2) is 6.26 Å². The van der Waals surface area contributed by atoms with Gasteiger partial charge in [0, 0.05) is 11.3 Å². The Hall–Kier alpha value is -0.570. The summed E-state index contributed by atoms with van der Waals surface area (Å²) in [5, 5.41) is 0. The topological polar surface area (TPSA) is 0 Å². The standard InChI is InChI=1S/C8H10S/c1-4-6-7-8(5-2)9-3/h1H,2,6-7H2,3H3. The SMILES string of the molecule is C#CCCC(=C=C)SC. The third-order valence-electron chi connectivity index (χ3n) is 0.940. The van der Waals surface area contributed by atoms with Gasteiger partial charge in [-0.2, -0.15) is 0 Å². The van der Waals surface area contributed by atoms with Gasteiger partial charge < -0.3 is 0 Å². The van der Waals surface area contributed by atoms with E-state index >= 15 is 0 Å². The fraction of sp³-hybridized carbons (Fsp3) is 0.375. The molecule has 0 saturated heterocycles. The lowest BCUT2D eigenvalue weighted by Gasteiger charge is -1.93. The second-order valence-corrected chi connectivity index (χ2v) is 2.41. The Morgan fingerprint density at radius 2 is 2.44 bits per heavy atom. The Balaban J connectivity index is 3.62. The van der Waals surface area contributed by atoms with Crippen LogP contribution >= 0.6 is 11.8 Å². The molecule has 9 heavy (non-hydrogen) atoms. The largest absolute Gasteiger partial charge is 0.126 e. The first-order valence-electron chi connectivity index (χ1n) is 2.71. The van der Waals surface area contributed by atoms with Gasteiger partial charge in [-0.25, -0.2) is 0 Å². The van der Waals surface area contributed by atoms with Crippen LogP contribution in [0, 0.1) is 12.3 Å². The van der Waals surface area contributed by atoms with Gasteiger partial charge in [0.1, 0.15) is 0 Å². The zero-order chi connectivity index (χ0) is 7.11. The molecule has 0 heterocycles. The highest BCUT2D eigenvalue weighted by Crippen LogP contribution is 2.14. The Kier molecular flexibility index (Phi) is 5.21. The van der Waals surface area contributed by atoms with E-state index in [1.165, 1.54) is 0 Å². The lowest BCUT2D eigenvalue weighted by Crippen LogP contribution is -1.71. The van der Waals surface area contributed by atoms with Crippen molar-refractivity contribution in [3.05, 3.63) is 17.2 Å². The van der Waals surface area contributed by atoms with Crippen LogP contribution in [0.15, 0.2) is 17.2 Å². The quantitative estimate of drug-likeness (QED) is 0.426. The van der Waals surface area contributed by atoms with Gasteiger partial charge in [-0.05, 0) is 12.7 Å². The lowest BCUT2D eigenvalue weighted by molar-refractivity contribution is 1.07. The van der Waals surface area contributed by atoms with Crippen molar-refractivity contribution in [2.24, 2.45) is 0 Å². The second kappa shape index (κ2) is 5.56. The monoisotopic (exact) mass is 138 g/mol. The van der Waals surface area contributed by atoms with E-state index in [9.17, 15) is 0 Å². The molecule has 1 heteroatoms. The predicted molar refractivity (Wildman–Crippen MR) is 44.2 cm³/mol. The molecule has 0 atom stereocenters. The van der Waals surface area contributed by atoms with Crippen LogP contribution in [0.2, 0.25) is 0 Å². The molecule has 0 unspecified atom stereocenters. The van der Waals surface area contributed by atoms with Gasteiger partial charge in [0.05, 0.1) is 0 Å². The molecular formula is C8H10S. The molecule has 0 spiro atoms.